The van der Waals surface area contributed by atoms with E-state index < -0.39 is 0 Å². The molecule has 0 heterocycles. The lowest BCUT2D eigenvalue weighted by molar-refractivity contribution is -0.139. The molecule has 27 atom stereocenters. The van der Waals surface area contributed by atoms with Gasteiger partial charge in [-0.15, -0.1) is 0 Å². The van der Waals surface area contributed by atoms with Crippen molar-refractivity contribution < 1.29 is 4.79 Å². The smallest absolute Gasteiger partial charge is 0.139 e. The first-order chi connectivity index (χ1) is 33.3. The van der Waals surface area contributed by atoms with Gasteiger partial charge in [0.2, 0.25) is 0 Å². The van der Waals surface area contributed by atoms with E-state index in [1.54, 1.807) is 6.42 Å². The molecule has 1 nitrogen and oxygen atoms in total. The Balaban J connectivity index is 1.27. The first kappa shape index (κ1) is 63.2. The molecule has 1 heteroatoms. The zero-order chi connectivity index (χ0) is 53.5. The summed E-state index contributed by atoms with van der Waals surface area (Å²) in [5.41, 5.74) is 0. The van der Waals surface area contributed by atoms with Crippen LogP contribution < -0.4 is 0 Å². The second-order valence-corrected chi connectivity index (χ2v) is 29.8. The van der Waals surface area contributed by atoms with Gasteiger partial charge in [-0.25, -0.2) is 0 Å². The van der Waals surface area contributed by atoms with E-state index >= 15 is 0 Å². The highest BCUT2D eigenvalue weighted by molar-refractivity contribution is 5.84. The molecular formula is C70H132O. The molecule has 4 fully saturated rings. The molecule has 418 valence electrons. The summed E-state index contributed by atoms with van der Waals surface area (Å²) in [7, 11) is 0. The van der Waals surface area contributed by atoms with Crippen LogP contribution in [-0.4, -0.2) is 5.78 Å². The minimum absolute atomic E-state index is 0.136. The third-order valence-corrected chi connectivity index (χ3v) is 25.7. The zero-order valence-corrected chi connectivity index (χ0v) is 52.8. The summed E-state index contributed by atoms with van der Waals surface area (Å²) in [6.45, 7) is 60.7. The number of Topliss-reactive ketones (excluding diaryl/α,β-unsaturated/α-hetero) is 1. The van der Waals surface area contributed by atoms with Crippen molar-refractivity contribution in [1.29, 1.82) is 0 Å². The van der Waals surface area contributed by atoms with Crippen LogP contribution in [0.25, 0.3) is 0 Å². The number of carbonyl (C=O) groups excluding carboxylic acids is 1. The van der Waals surface area contributed by atoms with Gasteiger partial charge in [0.15, 0.2) is 0 Å². The van der Waals surface area contributed by atoms with Crippen LogP contribution in [0.15, 0.2) is 0 Å². The second kappa shape index (κ2) is 28.3. The maximum Gasteiger partial charge on any atom is 0.139 e. The molecule has 0 saturated heterocycles. The Bertz CT molecular complexity index is 1490. The van der Waals surface area contributed by atoms with Crippen molar-refractivity contribution in [3.8, 4) is 0 Å². The van der Waals surface area contributed by atoms with E-state index in [2.05, 4.69) is 166 Å². The van der Waals surface area contributed by atoms with E-state index in [4.69, 9.17) is 0 Å². The Morgan fingerprint density at radius 2 is 0.887 bits per heavy atom. The molecule has 27 unspecified atom stereocenters. The van der Waals surface area contributed by atoms with E-state index in [-0.39, 0.29) is 11.8 Å². The average molecular weight is 990 g/mol. The van der Waals surface area contributed by atoms with Crippen LogP contribution in [0.5, 0.6) is 0 Å². The van der Waals surface area contributed by atoms with Gasteiger partial charge in [0, 0.05) is 11.8 Å². The van der Waals surface area contributed by atoms with Crippen LogP contribution in [0.3, 0.4) is 0 Å². The van der Waals surface area contributed by atoms with Crippen LogP contribution in [0.4, 0.5) is 0 Å². The van der Waals surface area contributed by atoms with Gasteiger partial charge >= 0.3 is 0 Å². The lowest BCUT2D eigenvalue weighted by atomic mass is 9.53. The Kier molecular flexibility index (Phi) is 25.2. The lowest BCUT2D eigenvalue weighted by Crippen LogP contribution is -2.49. The molecule has 0 aromatic heterocycles. The van der Waals surface area contributed by atoms with Gasteiger partial charge in [0.05, 0.1) is 0 Å². The van der Waals surface area contributed by atoms with Crippen LogP contribution in [0.2, 0.25) is 0 Å². The Labute approximate surface area is 448 Å². The normalized spacial score (nSPS) is 39.1. The summed E-state index contributed by atoms with van der Waals surface area (Å²) in [6.07, 6.45) is 20.8. The molecule has 0 aliphatic heterocycles. The topological polar surface area (TPSA) is 17.1 Å². The summed E-state index contributed by atoms with van der Waals surface area (Å²) >= 11 is 0. The van der Waals surface area contributed by atoms with Crippen molar-refractivity contribution >= 4 is 5.78 Å². The highest BCUT2D eigenvalue weighted by atomic mass is 16.1. The number of carbonyl (C=O) groups is 1. The van der Waals surface area contributed by atoms with Gasteiger partial charge in [-0.05, 0) is 223 Å². The van der Waals surface area contributed by atoms with Gasteiger partial charge in [-0.2, -0.15) is 0 Å². The molecule has 0 aromatic carbocycles. The minimum atomic E-state index is 0.136. The lowest BCUT2D eigenvalue weighted by Gasteiger charge is -2.50. The summed E-state index contributed by atoms with van der Waals surface area (Å²) in [4.78, 5) is 14.6. The van der Waals surface area contributed by atoms with Gasteiger partial charge in [0.1, 0.15) is 5.78 Å². The molecule has 0 spiro atoms. The maximum atomic E-state index is 14.6. The van der Waals surface area contributed by atoms with E-state index in [0.717, 1.165) is 118 Å². The molecular weight excluding hydrogens is 857 g/mol. The maximum absolute atomic E-state index is 14.6. The molecule has 4 rings (SSSR count). The summed E-state index contributed by atoms with van der Waals surface area (Å²) in [6, 6.07) is 0. The van der Waals surface area contributed by atoms with E-state index in [1.165, 1.54) is 89.9 Å². The first-order valence-electron chi connectivity index (χ1n) is 32.9. The predicted octanol–water partition coefficient (Wildman–Crippen LogP) is 21.4. The van der Waals surface area contributed by atoms with Crippen molar-refractivity contribution in [3.63, 3.8) is 0 Å². The highest BCUT2D eigenvalue weighted by Gasteiger charge is 2.56. The van der Waals surface area contributed by atoms with Crippen molar-refractivity contribution in [2.75, 3.05) is 0 Å². The molecule has 4 aliphatic rings. The third kappa shape index (κ3) is 14.6. The van der Waals surface area contributed by atoms with Crippen LogP contribution in [0, 0.1) is 178 Å². The second-order valence-electron chi connectivity index (χ2n) is 29.8. The molecule has 0 radical (unpaired) electrons. The molecule has 0 amide bonds. The molecule has 0 N–H and O–H groups in total. The van der Waals surface area contributed by atoms with Gasteiger partial charge in [0.25, 0.3) is 0 Å². The van der Waals surface area contributed by atoms with Crippen LogP contribution >= 0.6 is 0 Å². The predicted molar refractivity (Wildman–Crippen MR) is 315 cm³/mol. The zero-order valence-electron chi connectivity index (χ0n) is 52.8. The average Bonchev–Trinajstić information content (AvgIpc) is 3.87. The van der Waals surface area contributed by atoms with Crippen molar-refractivity contribution in [3.05, 3.63) is 0 Å². The Hall–Kier alpha value is -0.330. The Morgan fingerprint density at radius 3 is 1.35 bits per heavy atom. The number of rotatable bonds is 28. The van der Waals surface area contributed by atoms with E-state index in [0.29, 0.717) is 53.1 Å². The first-order valence-corrected chi connectivity index (χ1v) is 32.9. The fraction of sp³-hybridized carbons (Fsp3) is 0.986. The number of fused-ring (bicyclic) bond motifs is 1. The molecule has 71 heavy (non-hydrogen) atoms. The SMILES string of the molecule is CCC(CC(C)C(C)C(C)CC(C)C(C)CC(C)C(C)CC(C)C(C)C(C)C(C)C(=O)C1C(C)C(CC)C(CC)C(CC)C1C)CC(C)C1CC(C2C(C)CC3C(C(C)C)CC(C)CC32)C(CC)C1CC. The fourth-order valence-electron chi connectivity index (χ4n) is 20.3. The van der Waals surface area contributed by atoms with Crippen molar-refractivity contribution in [2.24, 2.45) is 178 Å². The summed E-state index contributed by atoms with van der Waals surface area (Å²) < 4.78 is 0. The number of hydrogen-bond donors (Lipinski definition) is 0. The molecule has 0 aromatic rings. The van der Waals surface area contributed by atoms with Gasteiger partial charge in [-0.3, -0.25) is 4.79 Å². The van der Waals surface area contributed by atoms with Crippen LogP contribution in [0.1, 0.15) is 262 Å². The standard InChI is InChI=1S/C70H132O/c1-25-57(37-49(17)64-39-67(62(30-6)61(64)29-5)68-50(18)38-65-63(40(7)8)31-41(9)32-66(65)68)36-48(16)51(19)46(14)34-44(12)42(10)33-43(11)45(13)35-47(15)52(20)53(21)54(22)70(71)69-55(23)58(26-2)60(28-4)59(27-3)56(69)24/h40-69H,25-39H2,1-24H3. The summed E-state index contributed by atoms with van der Waals surface area (Å²) in [5.74, 6) is 23.1. The van der Waals surface area contributed by atoms with Crippen molar-refractivity contribution in [1.82, 2.24) is 0 Å². The minimum Gasteiger partial charge on any atom is -0.299 e. The molecule has 4 aliphatic carbocycles. The van der Waals surface area contributed by atoms with Gasteiger partial charge < -0.3 is 0 Å². The molecule has 0 bridgehead atoms. The fourth-order valence-corrected chi connectivity index (χ4v) is 20.3. The highest BCUT2D eigenvalue weighted by Crippen LogP contribution is 2.62. The monoisotopic (exact) mass is 989 g/mol. The van der Waals surface area contributed by atoms with E-state index in [1.807, 2.05) is 0 Å². The summed E-state index contributed by atoms with van der Waals surface area (Å²) in [5, 5.41) is 0. The number of ketones is 1. The number of hydrogen-bond acceptors (Lipinski definition) is 1. The van der Waals surface area contributed by atoms with Gasteiger partial charge in [-0.1, -0.05) is 205 Å². The molecule has 4 saturated carbocycles. The Morgan fingerprint density at radius 1 is 0.423 bits per heavy atom. The third-order valence-electron chi connectivity index (χ3n) is 25.7. The largest absolute Gasteiger partial charge is 0.299 e. The van der Waals surface area contributed by atoms with Crippen molar-refractivity contribution in [2.45, 2.75) is 262 Å². The van der Waals surface area contributed by atoms with Crippen LogP contribution in [-0.2, 0) is 4.79 Å². The quantitative estimate of drug-likeness (QED) is 0.0763. The van der Waals surface area contributed by atoms with E-state index in [9.17, 15) is 4.79 Å².